The first-order valence-corrected chi connectivity index (χ1v) is 8.58. The summed E-state index contributed by atoms with van der Waals surface area (Å²) in [4.78, 5) is 16.6. The number of amides is 1. The van der Waals surface area contributed by atoms with Gasteiger partial charge in [-0.05, 0) is 29.9 Å². The number of hydrogen-bond donors (Lipinski definition) is 2. The van der Waals surface area contributed by atoms with Crippen molar-refractivity contribution in [2.75, 3.05) is 18.7 Å². The maximum Gasteiger partial charge on any atom is 0.261 e. The Morgan fingerprint density at radius 1 is 1.43 bits per heavy atom. The molecule has 0 aliphatic rings. The Balaban J connectivity index is 1.86. The third-order valence-electron chi connectivity index (χ3n) is 3.05. The highest BCUT2D eigenvalue weighted by Gasteiger charge is 2.17. The van der Waals surface area contributed by atoms with Crippen LogP contribution in [0.1, 0.15) is 10.4 Å². The highest BCUT2D eigenvalue weighted by molar-refractivity contribution is 8.00. The molecular formula is C14H13N5O2S2. The predicted molar refractivity (Wildman–Crippen MR) is 90.2 cm³/mol. The molecule has 0 unspecified atom stereocenters. The quantitative estimate of drug-likeness (QED) is 0.689. The summed E-state index contributed by atoms with van der Waals surface area (Å²) < 4.78 is 10.1. The highest BCUT2D eigenvalue weighted by atomic mass is 32.2. The zero-order valence-corrected chi connectivity index (χ0v) is 14.0. The van der Waals surface area contributed by atoms with E-state index in [0.29, 0.717) is 23.0 Å². The van der Waals surface area contributed by atoms with E-state index in [-0.39, 0.29) is 5.91 Å². The number of carbonyl (C=O) groups excluding carboxylic acids is 1. The van der Waals surface area contributed by atoms with E-state index in [1.54, 1.807) is 7.11 Å². The first kappa shape index (κ1) is 15.5. The molecule has 0 bridgehead atoms. The molecule has 0 radical (unpaired) electrons. The van der Waals surface area contributed by atoms with Gasteiger partial charge in [0.2, 0.25) is 5.95 Å². The molecule has 0 saturated heterocycles. The number of aromatic amines is 1. The normalized spacial score (nSPS) is 10.5. The fourth-order valence-corrected chi connectivity index (χ4v) is 2.94. The molecule has 0 fully saturated rings. The first-order valence-electron chi connectivity index (χ1n) is 6.58. The number of thioether (sulfide) groups is 1. The molecular weight excluding hydrogens is 334 g/mol. The van der Waals surface area contributed by atoms with Crippen molar-refractivity contribution in [3.8, 4) is 17.0 Å². The summed E-state index contributed by atoms with van der Waals surface area (Å²) in [5, 5.41) is 9.50. The largest absolute Gasteiger partial charge is 0.497 e. The Kier molecular flexibility index (Phi) is 4.58. The Morgan fingerprint density at radius 2 is 2.30 bits per heavy atom. The van der Waals surface area contributed by atoms with Gasteiger partial charge in [0, 0.05) is 5.56 Å². The molecule has 2 aromatic heterocycles. The van der Waals surface area contributed by atoms with Gasteiger partial charge in [-0.25, -0.2) is 0 Å². The minimum atomic E-state index is -0.318. The molecule has 118 valence electrons. The Hall–Kier alpha value is -2.39. The standard InChI is InChI=1S/C14H13N5O2S2/c1-21-9-5-3-4-8(6-9)11-10(7-15-18-11)12(20)16-13-17-14(22-2)23-19-13/h3-7H,1-2H3,(H,15,18)(H,16,19,20). The number of nitrogens with one attached hydrogen (secondary N) is 2. The second-order valence-corrected chi connectivity index (χ2v) is 6.24. The lowest BCUT2D eigenvalue weighted by molar-refractivity contribution is 0.102. The van der Waals surface area contributed by atoms with Crippen LogP contribution in [0.3, 0.4) is 0 Å². The van der Waals surface area contributed by atoms with Crippen molar-refractivity contribution in [3.05, 3.63) is 36.0 Å². The molecule has 7 nitrogen and oxygen atoms in total. The molecule has 0 atom stereocenters. The molecule has 3 rings (SSSR count). The summed E-state index contributed by atoms with van der Waals surface area (Å²) in [5.41, 5.74) is 1.84. The van der Waals surface area contributed by atoms with Crippen molar-refractivity contribution in [1.82, 2.24) is 19.6 Å². The van der Waals surface area contributed by atoms with Crippen LogP contribution in [0.5, 0.6) is 5.75 Å². The third-order valence-corrected chi connectivity index (χ3v) is 4.73. The van der Waals surface area contributed by atoms with E-state index in [0.717, 1.165) is 9.90 Å². The van der Waals surface area contributed by atoms with Gasteiger partial charge in [-0.1, -0.05) is 23.9 Å². The minimum Gasteiger partial charge on any atom is -0.497 e. The highest BCUT2D eigenvalue weighted by Crippen LogP contribution is 2.26. The van der Waals surface area contributed by atoms with E-state index in [9.17, 15) is 4.79 Å². The molecule has 2 N–H and O–H groups in total. The van der Waals surface area contributed by atoms with E-state index in [1.165, 1.54) is 29.5 Å². The first-order chi connectivity index (χ1) is 11.2. The third kappa shape index (κ3) is 3.35. The van der Waals surface area contributed by atoms with E-state index in [2.05, 4.69) is 24.9 Å². The Bertz CT molecular complexity index is 830. The van der Waals surface area contributed by atoms with Gasteiger partial charge in [0.15, 0.2) is 4.34 Å². The summed E-state index contributed by atoms with van der Waals surface area (Å²) in [5.74, 6) is 0.679. The Labute approximate surface area is 140 Å². The fraction of sp³-hybridized carbons (Fsp3) is 0.143. The molecule has 0 saturated carbocycles. The van der Waals surface area contributed by atoms with Gasteiger partial charge in [0.25, 0.3) is 5.91 Å². The van der Waals surface area contributed by atoms with Crippen LogP contribution in [0.2, 0.25) is 0 Å². The second kappa shape index (κ2) is 6.80. The summed E-state index contributed by atoms with van der Waals surface area (Å²) in [7, 11) is 1.59. The second-order valence-electron chi connectivity index (χ2n) is 4.43. The van der Waals surface area contributed by atoms with Gasteiger partial charge < -0.3 is 4.74 Å². The van der Waals surface area contributed by atoms with Gasteiger partial charge >= 0.3 is 0 Å². The average molecular weight is 347 g/mol. The number of benzene rings is 1. The smallest absolute Gasteiger partial charge is 0.261 e. The van der Waals surface area contributed by atoms with Crippen molar-refractivity contribution >= 4 is 35.1 Å². The van der Waals surface area contributed by atoms with Crippen molar-refractivity contribution in [2.24, 2.45) is 0 Å². The summed E-state index contributed by atoms with van der Waals surface area (Å²) >= 11 is 2.72. The number of hydrogen-bond acceptors (Lipinski definition) is 7. The fourth-order valence-electron chi connectivity index (χ4n) is 1.97. The van der Waals surface area contributed by atoms with Gasteiger partial charge in [0.1, 0.15) is 5.75 Å². The maximum atomic E-state index is 12.4. The van der Waals surface area contributed by atoms with Crippen molar-refractivity contribution in [3.63, 3.8) is 0 Å². The topological polar surface area (TPSA) is 92.8 Å². The number of carbonyl (C=O) groups is 1. The maximum absolute atomic E-state index is 12.4. The van der Waals surface area contributed by atoms with Crippen LogP contribution in [0, 0.1) is 0 Å². The molecule has 2 heterocycles. The zero-order chi connectivity index (χ0) is 16.2. The Morgan fingerprint density at radius 3 is 3.04 bits per heavy atom. The molecule has 0 aliphatic heterocycles. The number of rotatable bonds is 5. The summed E-state index contributed by atoms with van der Waals surface area (Å²) in [6, 6.07) is 7.39. The number of H-pyrrole nitrogens is 1. The zero-order valence-electron chi connectivity index (χ0n) is 12.4. The number of ether oxygens (including phenoxy) is 1. The monoisotopic (exact) mass is 347 g/mol. The predicted octanol–water partition coefficient (Wildman–Crippen LogP) is 2.91. The lowest BCUT2D eigenvalue weighted by Crippen LogP contribution is -2.13. The number of aromatic nitrogens is 4. The van der Waals surface area contributed by atoms with E-state index in [1.807, 2.05) is 30.5 Å². The van der Waals surface area contributed by atoms with Crippen LogP contribution in [-0.4, -0.2) is 38.8 Å². The molecule has 0 aliphatic carbocycles. The van der Waals surface area contributed by atoms with Crippen LogP contribution in [0.25, 0.3) is 11.3 Å². The minimum absolute atomic E-state index is 0.294. The van der Waals surface area contributed by atoms with Crippen LogP contribution < -0.4 is 10.1 Å². The van der Waals surface area contributed by atoms with E-state index in [4.69, 9.17) is 4.74 Å². The van der Waals surface area contributed by atoms with Crippen LogP contribution >= 0.6 is 23.3 Å². The molecule has 9 heteroatoms. The number of methoxy groups -OCH3 is 1. The SMILES string of the molecule is COc1cccc(-c2[nH]ncc2C(=O)Nc2nsc(SC)n2)c1. The van der Waals surface area contributed by atoms with Gasteiger partial charge in [-0.2, -0.15) is 14.5 Å². The summed E-state index contributed by atoms with van der Waals surface area (Å²) in [6.45, 7) is 0. The molecule has 23 heavy (non-hydrogen) atoms. The van der Waals surface area contributed by atoms with Gasteiger partial charge in [-0.3, -0.25) is 15.2 Å². The van der Waals surface area contributed by atoms with Crippen molar-refractivity contribution < 1.29 is 9.53 Å². The van der Waals surface area contributed by atoms with Crippen molar-refractivity contribution in [1.29, 1.82) is 0 Å². The lowest BCUT2D eigenvalue weighted by atomic mass is 10.1. The number of nitrogens with zero attached hydrogens (tertiary/aromatic N) is 3. The molecule has 0 spiro atoms. The summed E-state index contributed by atoms with van der Waals surface area (Å²) in [6.07, 6.45) is 3.38. The molecule has 1 aromatic carbocycles. The molecule has 3 aromatic rings. The van der Waals surface area contributed by atoms with Crippen molar-refractivity contribution in [2.45, 2.75) is 4.34 Å². The number of anilines is 1. The lowest BCUT2D eigenvalue weighted by Gasteiger charge is -2.05. The van der Waals surface area contributed by atoms with E-state index >= 15 is 0 Å². The average Bonchev–Trinajstić information content (AvgIpc) is 3.23. The van der Waals surface area contributed by atoms with Gasteiger partial charge in [-0.15, -0.1) is 0 Å². The van der Waals surface area contributed by atoms with Gasteiger partial charge in [0.05, 0.1) is 24.6 Å². The van der Waals surface area contributed by atoms with E-state index < -0.39 is 0 Å². The van der Waals surface area contributed by atoms with Crippen LogP contribution in [-0.2, 0) is 0 Å². The van der Waals surface area contributed by atoms with Crippen LogP contribution in [0.4, 0.5) is 5.95 Å². The van der Waals surface area contributed by atoms with Crippen LogP contribution in [0.15, 0.2) is 34.8 Å². The molecule has 1 amide bonds.